The van der Waals surface area contributed by atoms with Gasteiger partial charge in [0.05, 0.1) is 12.8 Å². The van der Waals surface area contributed by atoms with E-state index in [0.717, 1.165) is 5.56 Å². The highest BCUT2D eigenvalue weighted by Gasteiger charge is 2.35. The number of hydrogen-bond acceptors (Lipinski definition) is 5. The Morgan fingerprint density at radius 3 is 2.44 bits per heavy atom. The van der Waals surface area contributed by atoms with Crippen LogP contribution in [0.2, 0.25) is 0 Å². The fourth-order valence-electron chi connectivity index (χ4n) is 2.73. The zero-order valence-corrected chi connectivity index (χ0v) is 16.1. The average Bonchev–Trinajstić information content (AvgIpc) is 2.98. The van der Waals surface area contributed by atoms with Gasteiger partial charge in [0.2, 0.25) is 0 Å². The van der Waals surface area contributed by atoms with Gasteiger partial charge in [0, 0.05) is 57.6 Å². The molecule has 1 saturated heterocycles. The van der Waals surface area contributed by atoms with E-state index >= 15 is 0 Å². The SMILES string of the molecule is CCOC(=O)N1CCN(S(=O)(=O)N(Cc2cnn(C)c2)C(C)C)CC1. The van der Waals surface area contributed by atoms with Crippen LogP contribution in [0.4, 0.5) is 4.79 Å². The number of aromatic nitrogens is 2. The van der Waals surface area contributed by atoms with E-state index in [-0.39, 0.29) is 25.7 Å². The first-order valence-corrected chi connectivity index (χ1v) is 9.81. The molecule has 0 unspecified atom stereocenters. The minimum Gasteiger partial charge on any atom is -0.450 e. The molecule has 25 heavy (non-hydrogen) atoms. The predicted molar refractivity (Wildman–Crippen MR) is 93.0 cm³/mol. The molecule has 9 nitrogen and oxygen atoms in total. The van der Waals surface area contributed by atoms with E-state index in [4.69, 9.17) is 4.74 Å². The highest BCUT2D eigenvalue weighted by molar-refractivity contribution is 7.86. The van der Waals surface area contributed by atoms with E-state index in [9.17, 15) is 13.2 Å². The van der Waals surface area contributed by atoms with Crippen LogP contribution in [0.5, 0.6) is 0 Å². The standard InChI is InChI=1S/C15H27N5O4S/c1-5-24-15(21)18-6-8-19(9-7-18)25(22,23)20(13(2)3)12-14-10-16-17(4)11-14/h10-11,13H,5-9,12H2,1-4H3. The van der Waals surface area contributed by atoms with Crippen molar-refractivity contribution >= 4 is 16.3 Å². The molecule has 1 aliphatic heterocycles. The lowest BCUT2D eigenvalue weighted by molar-refractivity contribution is 0.0920. The fraction of sp³-hybridized carbons (Fsp3) is 0.733. The van der Waals surface area contributed by atoms with Crippen molar-refractivity contribution in [1.29, 1.82) is 0 Å². The summed E-state index contributed by atoms with van der Waals surface area (Å²) in [5.74, 6) is 0. The number of amides is 1. The molecule has 0 aliphatic carbocycles. The van der Waals surface area contributed by atoms with Crippen LogP contribution in [0.1, 0.15) is 26.3 Å². The summed E-state index contributed by atoms with van der Waals surface area (Å²) in [6, 6.07) is -0.187. The maximum atomic E-state index is 13.0. The summed E-state index contributed by atoms with van der Waals surface area (Å²) < 4.78 is 35.6. The smallest absolute Gasteiger partial charge is 0.409 e. The van der Waals surface area contributed by atoms with Crippen LogP contribution in [-0.2, 0) is 28.5 Å². The van der Waals surface area contributed by atoms with E-state index in [2.05, 4.69) is 5.10 Å². The van der Waals surface area contributed by atoms with Crippen LogP contribution in [0.25, 0.3) is 0 Å². The van der Waals surface area contributed by atoms with Gasteiger partial charge in [-0.05, 0) is 20.8 Å². The topological polar surface area (TPSA) is 88.0 Å². The molecular formula is C15H27N5O4S. The van der Waals surface area contributed by atoms with Crippen LogP contribution >= 0.6 is 0 Å². The van der Waals surface area contributed by atoms with Crippen LogP contribution in [-0.4, -0.2) is 76.6 Å². The maximum absolute atomic E-state index is 13.0. The summed E-state index contributed by atoms with van der Waals surface area (Å²) in [5, 5.41) is 4.09. The molecule has 2 heterocycles. The van der Waals surface area contributed by atoms with Crippen molar-refractivity contribution in [2.45, 2.75) is 33.4 Å². The summed E-state index contributed by atoms with van der Waals surface area (Å²) >= 11 is 0. The third kappa shape index (κ3) is 4.71. The van der Waals surface area contributed by atoms with Crippen LogP contribution in [0, 0.1) is 0 Å². The third-order valence-corrected chi connectivity index (χ3v) is 6.22. The normalized spacial score (nSPS) is 16.6. The van der Waals surface area contributed by atoms with Crippen LogP contribution < -0.4 is 0 Å². The van der Waals surface area contributed by atoms with Gasteiger partial charge in [-0.25, -0.2) is 4.79 Å². The van der Waals surface area contributed by atoms with Crippen molar-refractivity contribution in [1.82, 2.24) is 23.3 Å². The molecule has 0 atom stereocenters. The molecule has 1 aromatic rings. The van der Waals surface area contributed by atoms with Crippen LogP contribution in [0.15, 0.2) is 12.4 Å². The molecule has 1 fully saturated rings. The number of hydrogen-bond donors (Lipinski definition) is 0. The van der Waals surface area contributed by atoms with Gasteiger partial charge < -0.3 is 9.64 Å². The average molecular weight is 373 g/mol. The molecule has 2 rings (SSSR count). The summed E-state index contributed by atoms with van der Waals surface area (Å²) in [4.78, 5) is 13.3. The van der Waals surface area contributed by atoms with Gasteiger partial charge >= 0.3 is 6.09 Å². The largest absolute Gasteiger partial charge is 0.450 e. The Balaban J connectivity index is 2.06. The van der Waals surface area contributed by atoms with E-state index in [1.165, 1.54) is 13.5 Å². The third-order valence-electron chi connectivity index (χ3n) is 4.06. The number of carbonyl (C=O) groups excluding carboxylic acids is 1. The molecule has 142 valence electrons. The predicted octanol–water partition coefficient (Wildman–Crippen LogP) is 0.649. The zero-order valence-electron chi connectivity index (χ0n) is 15.3. The Morgan fingerprint density at radius 2 is 1.96 bits per heavy atom. The van der Waals surface area contributed by atoms with Crippen molar-refractivity contribution < 1.29 is 17.9 Å². The van der Waals surface area contributed by atoms with Gasteiger partial charge in [-0.15, -0.1) is 0 Å². The lowest BCUT2D eigenvalue weighted by atomic mass is 10.3. The first kappa shape index (κ1) is 19.7. The molecule has 0 saturated carbocycles. The lowest BCUT2D eigenvalue weighted by Crippen LogP contribution is -2.55. The number of carbonyl (C=O) groups is 1. The quantitative estimate of drug-likeness (QED) is 0.731. The summed E-state index contributed by atoms with van der Waals surface area (Å²) in [7, 11) is -1.82. The summed E-state index contributed by atoms with van der Waals surface area (Å²) in [6.07, 6.45) is 3.09. The Kier molecular flexibility index (Phi) is 6.42. The van der Waals surface area contributed by atoms with Crippen molar-refractivity contribution in [2.75, 3.05) is 32.8 Å². The number of nitrogens with zero attached hydrogens (tertiary/aromatic N) is 5. The highest BCUT2D eigenvalue weighted by Crippen LogP contribution is 2.18. The van der Waals surface area contributed by atoms with Crippen molar-refractivity contribution in [3.63, 3.8) is 0 Å². The second-order valence-corrected chi connectivity index (χ2v) is 8.14. The number of aryl methyl sites for hydroxylation is 1. The fourth-order valence-corrected chi connectivity index (χ4v) is 4.49. The number of piperazine rings is 1. The second-order valence-electron chi connectivity index (χ2n) is 6.25. The molecule has 0 aromatic carbocycles. The van der Waals surface area contributed by atoms with Crippen molar-refractivity contribution in [3.8, 4) is 0 Å². The first-order chi connectivity index (χ1) is 11.8. The van der Waals surface area contributed by atoms with E-state index in [0.29, 0.717) is 19.7 Å². The lowest BCUT2D eigenvalue weighted by Gasteiger charge is -2.37. The van der Waals surface area contributed by atoms with E-state index in [1.807, 2.05) is 20.0 Å². The molecule has 1 aromatic heterocycles. The monoisotopic (exact) mass is 373 g/mol. The second kappa shape index (κ2) is 8.15. The molecule has 0 bridgehead atoms. The zero-order chi connectivity index (χ0) is 18.6. The van der Waals surface area contributed by atoms with Gasteiger partial charge in [-0.3, -0.25) is 4.68 Å². The van der Waals surface area contributed by atoms with Crippen LogP contribution in [0.3, 0.4) is 0 Å². The highest BCUT2D eigenvalue weighted by atomic mass is 32.2. The Bertz CT molecular complexity index is 680. The molecule has 0 spiro atoms. The van der Waals surface area contributed by atoms with Gasteiger partial charge in [0.15, 0.2) is 0 Å². The Labute approximate surface area is 149 Å². The molecule has 1 aliphatic rings. The maximum Gasteiger partial charge on any atom is 0.409 e. The molecule has 0 N–H and O–H groups in total. The van der Waals surface area contributed by atoms with Gasteiger partial charge in [-0.1, -0.05) is 0 Å². The Morgan fingerprint density at radius 1 is 1.32 bits per heavy atom. The van der Waals surface area contributed by atoms with Gasteiger partial charge in [0.1, 0.15) is 0 Å². The molecule has 10 heteroatoms. The summed E-state index contributed by atoms with van der Waals surface area (Å²) in [5.41, 5.74) is 0.838. The minimum absolute atomic E-state index is 0.187. The minimum atomic E-state index is -3.62. The Hall–Kier alpha value is -1.65. The number of rotatable bonds is 6. The number of ether oxygens (including phenoxy) is 1. The molecule has 1 amide bonds. The van der Waals surface area contributed by atoms with E-state index in [1.54, 1.807) is 24.9 Å². The first-order valence-electron chi connectivity index (χ1n) is 8.41. The summed E-state index contributed by atoms with van der Waals surface area (Å²) in [6.45, 7) is 7.21. The van der Waals surface area contributed by atoms with Crippen molar-refractivity contribution in [2.24, 2.45) is 7.05 Å². The van der Waals surface area contributed by atoms with Gasteiger partial charge in [-0.2, -0.15) is 22.1 Å². The molecule has 0 radical (unpaired) electrons. The van der Waals surface area contributed by atoms with Crippen molar-refractivity contribution in [3.05, 3.63) is 18.0 Å². The molecular weight excluding hydrogens is 346 g/mol. The van der Waals surface area contributed by atoms with E-state index < -0.39 is 16.3 Å². The van der Waals surface area contributed by atoms with Gasteiger partial charge in [0.25, 0.3) is 10.2 Å².